The summed E-state index contributed by atoms with van der Waals surface area (Å²) in [4.78, 5) is 20.5. The van der Waals surface area contributed by atoms with Gasteiger partial charge in [0.05, 0.1) is 24.5 Å². The monoisotopic (exact) mass is 405 g/mol. The minimum Gasteiger partial charge on any atom is -0.486 e. The van der Waals surface area contributed by atoms with Crippen LogP contribution in [-0.2, 0) is 17.5 Å². The number of anilines is 1. The number of aromatic nitrogens is 2. The van der Waals surface area contributed by atoms with Crippen LogP contribution in [-0.4, -0.2) is 41.4 Å². The third-order valence-electron chi connectivity index (χ3n) is 3.42. The largest absolute Gasteiger partial charge is 0.486 e. The molecule has 1 amide bonds. The molecule has 7 nitrogen and oxygen atoms in total. The van der Waals surface area contributed by atoms with Crippen molar-refractivity contribution in [3.05, 3.63) is 46.7 Å². The van der Waals surface area contributed by atoms with Gasteiger partial charge in [-0.25, -0.2) is 19.7 Å². The lowest BCUT2D eigenvalue weighted by molar-refractivity contribution is -0.138. The number of alkyl halides is 3. The molecule has 1 saturated heterocycles. The van der Waals surface area contributed by atoms with Gasteiger partial charge in [-0.2, -0.15) is 13.2 Å². The van der Waals surface area contributed by atoms with Gasteiger partial charge in [0.1, 0.15) is 13.2 Å². The lowest BCUT2D eigenvalue weighted by atomic mass is 10.1. The zero-order valence-electron chi connectivity index (χ0n) is 14.0. The average Bonchev–Trinajstić information content (AvgIpc) is 3.08. The van der Waals surface area contributed by atoms with Crippen molar-refractivity contribution in [2.75, 3.05) is 25.2 Å². The Labute approximate surface area is 157 Å². The Kier molecular flexibility index (Phi) is 6.81. The van der Waals surface area contributed by atoms with Gasteiger partial charge >= 0.3 is 12.3 Å². The van der Waals surface area contributed by atoms with E-state index in [4.69, 9.17) is 26.2 Å². The lowest BCUT2D eigenvalue weighted by Crippen LogP contribution is -2.25. The van der Waals surface area contributed by atoms with Gasteiger partial charge in [-0.05, 0) is 12.1 Å². The van der Waals surface area contributed by atoms with Crippen LogP contribution in [0.3, 0.4) is 0 Å². The van der Waals surface area contributed by atoms with Crippen LogP contribution in [0.15, 0.2) is 30.6 Å². The van der Waals surface area contributed by atoms with E-state index in [1.54, 1.807) is 0 Å². The number of hydrogen-bond acceptors (Lipinski definition) is 6. The standard InChI is InChI=1S/C15H11ClF3N3O3.CH4O/c16-12-3-1-2-11(15(17,18)19)10(12)8-25-9-6-20-13(21-7-9)22-4-5-24-14(22)23;1-2/h1-3,6-7H,4-5,8H2;2H,1H3. The Morgan fingerprint density at radius 3 is 2.52 bits per heavy atom. The highest BCUT2D eigenvalue weighted by Gasteiger charge is 2.34. The van der Waals surface area contributed by atoms with Gasteiger partial charge in [-0.15, -0.1) is 0 Å². The van der Waals surface area contributed by atoms with Gasteiger partial charge in [-0.1, -0.05) is 17.7 Å². The Bertz CT molecular complexity index is 787. The van der Waals surface area contributed by atoms with Crippen LogP contribution in [0, 0.1) is 0 Å². The van der Waals surface area contributed by atoms with Crippen molar-refractivity contribution in [2.24, 2.45) is 0 Å². The molecule has 0 radical (unpaired) electrons. The summed E-state index contributed by atoms with van der Waals surface area (Å²) in [6, 6.07) is 3.51. The Hall–Kier alpha value is -2.59. The van der Waals surface area contributed by atoms with Crippen LogP contribution >= 0.6 is 11.6 Å². The van der Waals surface area contributed by atoms with Crippen molar-refractivity contribution >= 4 is 23.6 Å². The summed E-state index contributed by atoms with van der Waals surface area (Å²) in [5.74, 6) is 0.271. The Morgan fingerprint density at radius 1 is 1.30 bits per heavy atom. The van der Waals surface area contributed by atoms with Crippen molar-refractivity contribution in [3.8, 4) is 5.75 Å². The maximum absolute atomic E-state index is 13.0. The van der Waals surface area contributed by atoms with Gasteiger partial charge in [0.15, 0.2) is 5.75 Å². The van der Waals surface area contributed by atoms with E-state index >= 15 is 0 Å². The van der Waals surface area contributed by atoms with E-state index < -0.39 is 24.4 Å². The molecule has 1 fully saturated rings. The SMILES string of the molecule is CO.O=C1OCCN1c1ncc(OCc2c(Cl)cccc2C(F)(F)F)cn1. The number of nitrogens with zero attached hydrogens (tertiary/aromatic N) is 3. The van der Waals surface area contributed by atoms with E-state index in [9.17, 15) is 18.0 Å². The molecular weight excluding hydrogens is 391 g/mol. The molecule has 11 heteroatoms. The minimum absolute atomic E-state index is 0.0489. The first-order valence-corrected chi connectivity index (χ1v) is 7.92. The minimum atomic E-state index is -4.54. The first kappa shape index (κ1) is 20.7. The van der Waals surface area contributed by atoms with Crippen LogP contribution < -0.4 is 9.64 Å². The zero-order valence-corrected chi connectivity index (χ0v) is 14.8. The molecule has 0 bridgehead atoms. The molecular formula is C16H15ClF3N3O4. The first-order valence-electron chi connectivity index (χ1n) is 7.54. The van der Waals surface area contributed by atoms with Crippen molar-refractivity contribution in [1.29, 1.82) is 0 Å². The normalized spacial score (nSPS) is 13.7. The van der Waals surface area contributed by atoms with E-state index in [0.717, 1.165) is 13.2 Å². The highest BCUT2D eigenvalue weighted by Crippen LogP contribution is 2.35. The summed E-state index contributed by atoms with van der Waals surface area (Å²) in [5.41, 5.74) is -1.04. The number of benzene rings is 1. The lowest BCUT2D eigenvalue weighted by Gasteiger charge is -2.15. The van der Waals surface area contributed by atoms with Gasteiger partial charge in [0, 0.05) is 17.7 Å². The van der Waals surface area contributed by atoms with Gasteiger partial charge in [-0.3, -0.25) is 0 Å². The Balaban J connectivity index is 0.00000126. The zero-order chi connectivity index (χ0) is 20.0. The molecule has 0 spiro atoms. The molecule has 2 heterocycles. The summed E-state index contributed by atoms with van der Waals surface area (Å²) in [7, 11) is 1.00. The molecule has 1 aromatic heterocycles. The van der Waals surface area contributed by atoms with Crippen LogP contribution in [0.25, 0.3) is 0 Å². The van der Waals surface area contributed by atoms with Crippen LogP contribution in [0.5, 0.6) is 5.75 Å². The van der Waals surface area contributed by atoms with Crippen molar-refractivity contribution < 1.29 is 32.5 Å². The fourth-order valence-electron chi connectivity index (χ4n) is 2.22. The molecule has 1 aliphatic rings. The smallest absolute Gasteiger partial charge is 0.416 e. The molecule has 2 aromatic rings. The molecule has 1 N–H and O–H groups in total. The molecule has 27 heavy (non-hydrogen) atoms. The van der Waals surface area contributed by atoms with E-state index in [1.807, 2.05) is 0 Å². The number of rotatable bonds is 4. The maximum atomic E-state index is 13.0. The predicted octanol–water partition coefficient (Wildman–Crippen LogP) is 3.29. The highest BCUT2D eigenvalue weighted by atomic mass is 35.5. The predicted molar refractivity (Wildman–Crippen MR) is 89.7 cm³/mol. The third-order valence-corrected chi connectivity index (χ3v) is 3.78. The summed E-state index contributed by atoms with van der Waals surface area (Å²) in [5, 5.41) is 6.95. The van der Waals surface area contributed by atoms with Crippen molar-refractivity contribution in [1.82, 2.24) is 9.97 Å². The number of halogens is 4. The number of cyclic esters (lactones) is 1. The number of carbonyl (C=O) groups excluding carboxylic acids is 1. The molecule has 1 aliphatic heterocycles. The molecule has 0 unspecified atom stereocenters. The fourth-order valence-corrected chi connectivity index (χ4v) is 2.45. The van der Waals surface area contributed by atoms with Gasteiger partial charge in [0.25, 0.3) is 0 Å². The van der Waals surface area contributed by atoms with Crippen molar-refractivity contribution in [3.63, 3.8) is 0 Å². The first-order chi connectivity index (χ1) is 12.9. The molecule has 3 rings (SSSR count). The highest BCUT2D eigenvalue weighted by molar-refractivity contribution is 6.31. The summed E-state index contributed by atoms with van der Waals surface area (Å²) < 4.78 is 49.2. The van der Waals surface area contributed by atoms with E-state index in [0.29, 0.717) is 6.54 Å². The van der Waals surface area contributed by atoms with Crippen LogP contribution in [0.1, 0.15) is 11.1 Å². The molecule has 1 aromatic carbocycles. The van der Waals surface area contributed by atoms with Gasteiger partial charge in [0.2, 0.25) is 5.95 Å². The number of carbonyl (C=O) groups is 1. The number of amides is 1. The number of hydrogen-bond donors (Lipinski definition) is 1. The van der Waals surface area contributed by atoms with Gasteiger partial charge < -0.3 is 14.6 Å². The second-order valence-corrected chi connectivity index (χ2v) is 5.44. The topological polar surface area (TPSA) is 84.8 Å². The van der Waals surface area contributed by atoms with E-state index in [-0.39, 0.29) is 28.9 Å². The average molecular weight is 406 g/mol. The second kappa shape index (κ2) is 8.87. The summed E-state index contributed by atoms with van der Waals surface area (Å²) in [6.07, 6.45) is -2.57. The van der Waals surface area contributed by atoms with Crippen molar-refractivity contribution in [2.45, 2.75) is 12.8 Å². The number of ether oxygens (including phenoxy) is 2. The summed E-state index contributed by atoms with van der Waals surface area (Å²) in [6.45, 7) is 0.170. The molecule has 0 aliphatic carbocycles. The van der Waals surface area contributed by atoms with Crippen LogP contribution in [0.4, 0.5) is 23.9 Å². The molecule has 0 atom stereocenters. The van der Waals surface area contributed by atoms with E-state index in [1.165, 1.54) is 29.4 Å². The molecule has 146 valence electrons. The second-order valence-electron chi connectivity index (χ2n) is 5.04. The number of aliphatic hydroxyl groups excluding tert-OH is 1. The molecule has 0 saturated carbocycles. The summed E-state index contributed by atoms with van der Waals surface area (Å²) >= 11 is 5.86. The quantitative estimate of drug-likeness (QED) is 0.840. The van der Waals surface area contributed by atoms with E-state index in [2.05, 4.69) is 9.97 Å². The fraction of sp³-hybridized carbons (Fsp3) is 0.312. The maximum Gasteiger partial charge on any atom is 0.416 e. The third kappa shape index (κ3) is 4.98. The Morgan fingerprint density at radius 2 is 1.96 bits per heavy atom. The van der Waals surface area contributed by atoms with Crippen LogP contribution in [0.2, 0.25) is 5.02 Å². The number of aliphatic hydroxyl groups is 1.